The predicted octanol–water partition coefficient (Wildman–Crippen LogP) is 4.37. The third kappa shape index (κ3) is 3.17. The second-order valence-corrected chi connectivity index (χ2v) is 6.63. The summed E-state index contributed by atoms with van der Waals surface area (Å²) in [5.41, 5.74) is 3.60. The molecule has 0 amide bonds. The summed E-state index contributed by atoms with van der Waals surface area (Å²) in [4.78, 5) is 5.68. The van der Waals surface area contributed by atoms with Crippen LogP contribution in [-0.2, 0) is 6.54 Å². The van der Waals surface area contributed by atoms with Crippen molar-refractivity contribution in [2.45, 2.75) is 30.8 Å². The highest BCUT2D eigenvalue weighted by Gasteiger charge is 2.20. The molecule has 1 aromatic carbocycles. The maximum absolute atomic E-state index is 6.13. The first kappa shape index (κ1) is 13.9. The van der Waals surface area contributed by atoms with Crippen molar-refractivity contribution < 1.29 is 0 Å². The molecule has 20 heavy (non-hydrogen) atoms. The lowest BCUT2D eigenvalue weighted by Gasteiger charge is -2.26. The molecule has 0 saturated carbocycles. The SMILES string of the molecule is Cc1ccc(CNC2CCSc3ccc(Cl)cc32)cn1. The summed E-state index contributed by atoms with van der Waals surface area (Å²) in [6.45, 7) is 2.85. The number of aromatic nitrogens is 1. The van der Waals surface area contributed by atoms with Crippen LogP contribution < -0.4 is 5.32 Å². The van der Waals surface area contributed by atoms with Crippen molar-refractivity contribution in [2.75, 3.05) is 5.75 Å². The van der Waals surface area contributed by atoms with Gasteiger partial charge in [-0.25, -0.2) is 0 Å². The van der Waals surface area contributed by atoms with E-state index in [1.807, 2.05) is 30.9 Å². The molecule has 0 fully saturated rings. The number of fused-ring (bicyclic) bond motifs is 1. The maximum atomic E-state index is 6.13. The largest absolute Gasteiger partial charge is 0.306 e. The summed E-state index contributed by atoms with van der Waals surface area (Å²) < 4.78 is 0. The van der Waals surface area contributed by atoms with Crippen molar-refractivity contribution in [2.24, 2.45) is 0 Å². The first-order chi connectivity index (χ1) is 9.72. The molecule has 0 radical (unpaired) electrons. The number of nitrogens with one attached hydrogen (secondary N) is 1. The first-order valence-electron chi connectivity index (χ1n) is 6.79. The zero-order valence-electron chi connectivity index (χ0n) is 11.4. The lowest BCUT2D eigenvalue weighted by atomic mass is 10.0. The van der Waals surface area contributed by atoms with Gasteiger partial charge in [0.05, 0.1) is 0 Å². The van der Waals surface area contributed by atoms with Gasteiger partial charge in [0.15, 0.2) is 0 Å². The molecular weight excluding hydrogens is 288 g/mol. The lowest BCUT2D eigenvalue weighted by molar-refractivity contribution is 0.509. The fourth-order valence-electron chi connectivity index (χ4n) is 2.42. The standard InChI is InChI=1S/C16H17ClN2S/c1-11-2-3-12(9-18-11)10-19-15-6-7-20-16-5-4-13(17)8-14(15)16/h2-5,8-9,15,19H,6-7,10H2,1H3. The van der Waals surface area contributed by atoms with Crippen molar-refractivity contribution in [1.29, 1.82) is 0 Å². The predicted molar refractivity (Wildman–Crippen MR) is 85.3 cm³/mol. The molecule has 1 aliphatic heterocycles. The van der Waals surface area contributed by atoms with Crippen LogP contribution in [0.2, 0.25) is 5.02 Å². The van der Waals surface area contributed by atoms with Gasteiger partial charge in [0.2, 0.25) is 0 Å². The molecule has 0 saturated heterocycles. The minimum atomic E-state index is 0.381. The fourth-order valence-corrected chi connectivity index (χ4v) is 3.71. The molecule has 104 valence electrons. The number of rotatable bonds is 3. The summed E-state index contributed by atoms with van der Waals surface area (Å²) in [7, 11) is 0. The van der Waals surface area contributed by atoms with Crippen LogP contribution in [0, 0.1) is 6.92 Å². The molecule has 3 rings (SSSR count). The van der Waals surface area contributed by atoms with Gasteiger partial charge in [-0.15, -0.1) is 11.8 Å². The van der Waals surface area contributed by atoms with Crippen LogP contribution in [0.5, 0.6) is 0 Å². The molecule has 1 aromatic heterocycles. The quantitative estimate of drug-likeness (QED) is 0.911. The van der Waals surface area contributed by atoms with E-state index in [2.05, 4.69) is 34.6 Å². The number of nitrogens with zero attached hydrogens (tertiary/aromatic N) is 1. The number of pyridine rings is 1. The molecule has 1 unspecified atom stereocenters. The minimum Gasteiger partial charge on any atom is -0.306 e. The Hall–Kier alpha value is -1.03. The Labute approximate surface area is 129 Å². The molecule has 2 aromatic rings. The van der Waals surface area contributed by atoms with E-state index in [1.54, 1.807) is 0 Å². The fraction of sp³-hybridized carbons (Fsp3) is 0.312. The van der Waals surface area contributed by atoms with E-state index < -0.39 is 0 Å². The number of thioether (sulfide) groups is 1. The van der Waals surface area contributed by atoms with E-state index in [9.17, 15) is 0 Å². The van der Waals surface area contributed by atoms with Crippen LogP contribution in [0.4, 0.5) is 0 Å². The van der Waals surface area contributed by atoms with Crippen LogP contribution in [0.3, 0.4) is 0 Å². The van der Waals surface area contributed by atoms with Crippen LogP contribution in [0.25, 0.3) is 0 Å². The molecule has 1 atom stereocenters. The van der Waals surface area contributed by atoms with E-state index in [-0.39, 0.29) is 0 Å². The molecule has 2 heterocycles. The summed E-state index contributed by atoms with van der Waals surface area (Å²) >= 11 is 8.04. The Morgan fingerprint density at radius 2 is 2.25 bits per heavy atom. The number of hydrogen-bond acceptors (Lipinski definition) is 3. The van der Waals surface area contributed by atoms with Gasteiger partial charge in [-0.05, 0) is 54.5 Å². The zero-order chi connectivity index (χ0) is 13.9. The Bertz CT molecular complexity index is 598. The van der Waals surface area contributed by atoms with Crippen LogP contribution in [0.15, 0.2) is 41.4 Å². The Morgan fingerprint density at radius 1 is 1.35 bits per heavy atom. The zero-order valence-corrected chi connectivity index (χ0v) is 13.0. The molecule has 0 bridgehead atoms. The van der Waals surface area contributed by atoms with Crippen molar-refractivity contribution in [3.63, 3.8) is 0 Å². The van der Waals surface area contributed by atoms with Crippen molar-refractivity contribution in [3.05, 3.63) is 58.4 Å². The molecule has 4 heteroatoms. The second-order valence-electron chi connectivity index (χ2n) is 5.06. The van der Waals surface area contributed by atoms with Gasteiger partial charge in [-0.1, -0.05) is 17.7 Å². The van der Waals surface area contributed by atoms with Gasteiger partial charge < -0.3 is 5.32 Å². The van der Waals surface area contributed by atoms with Gasteiger partial charge >= 0.3 is 0 Å². The normalized spacial score (nSPS) is 17.8. The number of halogens is 1. The molecule has 1 aliphatic rings. The van der Waals surface area contributed by atoms with E-state index in [4.69, 9.17) is 11.6 Å². The van der Waals surface area contributed by atoms with Crippen LogP contribution in [0.1, 0.15) is 29.3 Å². The van der Waals surface area contributed by atoms with E-state index in [0.29, 0.717) is 6.04 Å². The van der Waals surface area contributed by atoms with Crippen molar-refractivity contribution in [1.82, 2.24) is 10.3 Å². The topological polar surface area (TPSA) is 24.9 Å². The average Bonchev–Trinajstić information content (AvgIpc) is 2.47. The van der Waals surface area contributed by atoms with Gasteiger partial charge in [-0.3, -0.25) is 4.98 Å². The second kappa shape index (κ2) is 6.17. The molecule has 2 nitrogen and oxygen atoms in total. The minimum absolute atomic E-state index is 0.381. The summed E-state index contributed by atoms with van der Waals surface area (Å²) in [5.74, 6) is 1.15. The highest BCUT2D eigenvalue weighted by molar-refractivity contribution is 7.99. The third-order valence-electron chi connectivity index (χ3n) is 3.54. The van der Waals surface area contributed by atoms with Gasteiger partial charge in [-0.2, -0.15) is 0 Å². The Kier molecular flexibility index (Phi) is 4.29. The van der Waals surface area contributed by atoms with Crippen LogP contribution >= 0.6 is 23.4 Å². The molecule has 0 spiro atoms. The van der Waals surface area contributed by atoms with E-state index in [0.717, 1.165) is 29.4 Å². The van der Waals surface area contributed by atoms with Gasteiger partial charge in [0.25, 0.3) is 0 Å². The number of benzene rings is 1. The van der Waals surface area contributed by atoms with Gasteiger partial charge in [0.1, 0.15) is 0 Å². The smallest absolute Gasteiger partial charge is 0.0410 e. The Balaban J connectivity index is 1.73. The van der Waals surface area contributed by atoms with E-state index >= 15 is 0 Å². The van der Waals surface area contributed by atoms with Crippen molar-refractivity contribution >= 4 is 23.4 Å². The monoisotopic (exact) mass is 304 g/mol. The summed E-state index contributed by atoms with van der Waals surface area (Å²) in [5, 5.41) is 4.44. The maximum Gasteiger partial charge on any atom is 0.0410 e. The highest BCUT2D eigenvalue weighted by Crippen LogP contribution is 2.37. The van der Waals surface area contributed by atoms with E-state index in [1.165, 1.54) is 16.0 Å². The molecule has 1 N–H and O–H groups in total. The summed E-state index contributed by atoms with van der Waals surface area (Å²) in [6.07, 6.45) is 3.08. The average molecular weight is 305 g/mol. The first-order valence-corrected chi connectivity index (χ1v) is 8.16. The van der Waals surface area contributed by atoms with Crippen LogP contribution in [-0.4, -0.2) is 10.7 Å². The molecule has 0 aliphatic carbocycles. The van der Waals surface area contributed by atoms with Gasteiger partial charge in [0, 0.05) is 34.4 Å². The summed E-state index contributed by atoms with van der Waals surface area (Å²) in [6, 6.07) is 10.8. The highest BCUT2D eigenvalue weighted by atomic mass is 35.5. The number of aryl methyl sites for hydroxylation is 1. The lowest BCUT2D eigenvalue weighted by Crippen LogP contribution is -2.24. The molecular formula is C16H17ClN2S. The van der Waals surface area contributed by atoms with Crippen molar-refractivity contribution in [3.8, 4) is 0 Å². The third-order valence-corrected chi connectivity index (χ3v) is 4.89. The number of hydrogen-bond donors (Lipinski definition) is 1. The Morgan fingerprint density at radius 3 is 3.05 bits per heavy atom.